The van der Waals surface area contributed by atoms with Crippen LogP contribution in [0.2, 0.25) is 0 Å². The van der Waals surface area contributed by atoms with E-state index in [9.17, 15) is 0 Å². The predicted octanol–water partition coefficient (Wildman–Crippen LogP) is 6.18. The van der Waals surface area contributed by atoms with Gasteiger partial charge in [0.15, 0.2) is 0 Å². The van der Waals surface area contributed by atoms with Crippen molar-refractivity contribution in [2.24, 2.45) is 0 Å². The van der Waals surface area contributed by atoms with Gasteiger partial charge in [-0.25, -0.2) is 0 Å². The van der Waals surface area contributed by atoms with Gasteiger partial charge in [-0.1, -0.05) is 56.7 Å². The first-order valence-corrected chi connectivity index (χ1v) is 7.66. The smallest absolute Gasteiger partial charge is 0.0230 e. The number of hydrogen-bond donors (Lipinski definition) is 0. The molecule has 0 amide bonds. The van der Waals surface area contributed by atoms with E-state index in [0.717, 1.165) is 12.8 Å². The largest absolute Gasteiger partial charge is 0.103 e. The monoisotopic (exact) mass is 256 g/mol. The van der Waals surface area contributed by atoms with Crippen LogP contribution in [0.25, 0.3) is 5.57 Å². The van der Waals surface area contributed by atoms with Crippen molar-refractivity contribution in [1.82, 2.24) is 0 Å². The van der Waals surface area contributed by atoms with Gasteiger partial charge in [0.1, 0.15) is 0 Å². The summed E-state index contributed by atoms with van der Waals surface area (Å²) in [5, 5.41) is 0. The van der Waals surface area contributed by atoms with Crippen molar-refractivity contribution in [3.8, 4) is 0 Å². The van der Waals surface area contributed by atoms with Gasteiger partial charge in [0.05, 0.1) is 0 Å². The van der Waals surface area contributed by atoms with Gasteiger partial charge in [-0.2, -0.15) is 0 Å². The van der Waals surface area contributed by atoms with Crippen LogP contribution in [0.3, 0.4) is 0 Å². The zero-order chi connectivity index (χ0) is 13.9. The maximum Gasteiger partial charge on any atom is -0.0230 e. The molecule has 0 aliphatic carbocycles. The Balaban J connectivity index is 2.37. The quantitative estimate of drug-likeness (QED) is 0.346. The van der Waals surface area contributed by atoms with E-state index in [1.807, 2.05) is 6.08 Å². The summed E-state index contributed by atoms with van der Waals surface area (Å²) < 4.78 is 0. The van der Waals surface area contributed by atoms with Crippen LogP contribution in [0, 0.1) is 0 Å². The lowest BCUT2D eigenvalue weighted by molar-refractivity contribution is 0.717. The molecule has 1 aromatic rings. The van der Waals surface area contributed by atoms with Crippen molar-refractivity contribution in [2.45, 2.75) is 58.3 Å². The molecule has 0 aromatic heterocycles. The minimum atomic E-state index is 1.10. The predicted molar refractivity (Wildman–Crippen MR) is 87.4 cm³/mol. The molecule has 0 bridgehead atoms. The lowest BCUT2D eigenvalue weighted by Crippen LogP contribution is -1.88. The first-order chi connectivity index (χ1) is 9.27. The first-order valence-electron chi connectivity index (χ1n) is 7.66. The molecule has 0 N–H and O–H groups in total. The van der Waals surface area contributed by atoms with E-state index in [1.165, 1.54) is 55.2 Å². The van der Waals surface area contributed by atoms with E-state index in [0.29, 0.717) is 0 Å². The Bertz CT molecular complexity index is 370. The standard InChI is InChI=1S/C19H28/c1-4-6-8-10-11-17(3)19-15-13-18(14-16-19)12-9-7-5-2/h4,13-16H,1,3,5-12H2,2H3. The van der Waals surface area contributed by atoms with Crippen molar-refractivity contribution in [3.63, 3.8) is 0 Å². The maximum absolute atomic E-state index is 4.20. The molecule has 0 atom stereocenters. The third-order valence-corrected chi connectivity index (χ3v) is 3.57. The topological polar surface area (TPSA) is 0 Å². The van der Waals surface area contributed by atoms with Crippen LogP contribution >= 0.6 is 0 Å². The van der Waals surface area contributed by atoms with Crippen molar-refractivity contribution < 1.29 is 0 Å². The van der Waals surface area contributed by atoms with Crippen molar-refractivity contribution in [3.05, 3.63) is 54.6 Å². The average Bonchev–Trinajstić information content (AvgIpc) is 2.44. The van der Waals surface area contributed by atoms with Gasteiger partial charge in [0, 0.05) is 0 Å². The van der Waals surface area contributed by atoms with Crippen molar-refractivity contribution in [1.29, 1.82) is 0 Å². The minimum absolute atomic E-state index is 1.10. The summed E-state index contributed by atoms with van der Waals surface area (Å²) in [7, 11) is 0. The molecular weight excluding hydrogens is 228 g/mol. The van der Waals surface area contributed by atoms with Crippen LogP contribution in [0.1, 0.15) is 63.0 Å². The van der Waals surface area contributed by atoms with Crippen molar-refractivity contribution >= 4 is 5.57 Å². The number of benzene rings is 1. The van der Waals surface area contributed by atoms with Gasteiger partial charge >= 0.3 is 0 Å². The fourth-order valence-electron chi connectivity index (χ4n) is 2.26. The van der Waals surface area contributed by atoms with Crippen molar-refractivity contribution in [2.75, 3.05) is 0 Å². The molecule has 104 valence electrons. The molecule has 0 aliphatic rings. The second kappa shape index (κ2) is 9.61. The fraction of sp³-hybridized carbons (Fsp3) is 0.474. The van der Waals surface area contributed by atoms with Gasteiger partial charge in [-0.05, 0) is 55.2 Å². The number of unbranched alkanes of at least 4 members (excludes halogenated alkanes) is 4. The molecule has 0 saturated heterocycles. The Labute approximate surface area is 119 Å². The molecule has 0 fully saturated rings. The molecule has 0 unspecified atom stereocenters. The Morgan fingerprint density at radius 1 is 1.05 bits per heavy atom. The summed E-state index contributed by atoms with van der Waals surface area (Å²) >= 11 is 0. The molecular formula is C19H28. The van der Waals surface area contributed by atoms with E-state index in [2.05, 4.69) is 44.3 Å². The van der Waals surface area contributed by atoms with Gasteiger partial charge in [-0.15, -0.1) is 6.58 Å². The number of allylic oxidation sites excluding steroid dienone is 2. The molecule has 0 radical (unpaired) electrons. The zero-order valence-electron chi connectivity index (χ0n) is 12.5. The Kier molecular flexibility index (Phi) is 7.97. The summed E-state index contributed by atoms with van der Waals surface area (Å²) in [4.78, 5) is 0. The molecule has 0 spiro atoms. The lowest BCUT2D eigenvalue weighted by atomic mass is 9.98. The molecule has 1 aromatic carbocycles. The van der Waals surface area contributed by atoms with Crippen LogP contribution in [-0.2, 0) is 6.42 Å². The highest BCUT2D eigenvalue weighted by atomic mass is 14.1. The van der Waals surface area contributed by atoms with E-state index < -0.39 is 0 Å². The normalized spacial score (nSPS) is 10.4. The molecule has 0 saturated carbocycles. The van der Waals surface area contributed by atoms with Gasteiger partial charge in [0.25, 0.3) is 0 Å². The van der Waals surface area contributed by atoms with Crippen LogP contribution < -0.4 is 0 Å². The molecule has 0 heterocycles. The van der Waals surface area contributed by atoms with E-state index in [-0.39, 0.29) is 0 Å². The Morgan fingerprint density at radius 2 is 1.79 bits per heavy atom. The van der Waals surface area contributed by atoms with E-state index >= 15 is 0 Å². The lowest BCUT2D eigenvalue weighted by Gasteiger charge is -2.07. The Hall–Kier alpha value is -1.30. The molecule has 1 rings (SSSR count). The molecule has 0 heteroatoms. The zero-order valence-corrected chi connectivity index (χ0v) is 12.5. The summed E-state index contributed by atoms with van der Waals surface area (Å²) in [6.07, 6.45) is 11.8. The van der Waals surface area contributed by atoms with Gasteiger partial charge in [-0.3, -0.25) is 0 Å². The summed E-state index contributed by atoms with van der Waals surface area (Å²) in [5.74, 6) is 0. The van der Waals surface area contributed by atoms with E-state index in [1.54, 1.807) is 0 Å². The second-order valence-corrected chi connectivity index (χ2v) is 5.29. The van der Waals surface area contributed by atoms with Gasteiger partial charge in [0.2, 0.25) is 0 Å². The molecule has 0 aliphatic heterocycles. The number of rotatable bonds is 10. The highest BCUT2D eigenvalue weighted by Gasteiger charge is 2.00. The first kappa shape index (κ1) is 15.8. The minimum Gasteiger partial charge on any atom is -0.103 e. The molecule has 19 heavy (non-hydrogen) atoms. The third kappa shape index (κ3) is 6.42. The Morgan fingerprint density at radius 3 is 2.42 bits per heavy atom. The van der Waals surface area contributed by atoms with Crippen LogP contribution in [0.15, 0.2) is 43.5 Å². The molecule has 0 nitrogen and oxygen atoms in total. The fourth-order valence-corrected chi connectivity index (χ4v) is 2.26. The van der Waals surface area contributed by atoms with Crippen LogP contribution in [0.4, 0.5) is 0 Å². The highest BCUT2D eigenvalue weighted by Crippen LogP contribution is 2.20. The van der Waals surface area contributed by atoms with Crippen LogP contribution in [0.5, 0.6) is 0 Å². The second-order valence-electron chi connectivity index (χ2n) is 5.29. The SMILES string of the molecule is C=CCCCCC(=C)c1ccc(CCCCC)cc1. The summed E-state index contributed by atoms with van der Waals surface area (Å²) in [6.45, 7) is 10.2. The van der Waals surface area contributed by atoms with Gasteiger partial charge < -0.3 is 0 Å². The average molecular weight is 256 g/mol. The van der Waals surface area contributed by atoms with Crippen LogP contribution in [-0.4, -0.2) is 0 Å². The summed E-state index contributed by atoms with van der Waals surface area (Å²) in [5.41, 5.74) is 4.03. The summed E-state index contributed by atoms with van der Waals surface area (Å²) in [6, 6.07) is 8.99. The third-order valence-electron chi connectivity index (χ3n) is 3.57. The number of aryl methyl sites for hydroxylation is 1. The number of hydrogen-bond acceptors (Lipinski definition) is 0. The maximum atomic E-state index is 4.20. The van der Waals surface area contributed by atoms with E-state index in [4.69, 9.17) is 0 Å². The highest BCUT2D eigenvalue weighted by molar-refractivity contribution is 5.63.